The van der Waals surface area contributed by atoms with Crippen molar-refractivity contribution in [3.8, 4) is 11.5 Å². The van der Waals surface area contributed by atoms with E-state index in [4.69, 9.17) is 21.1 Å². The zero-order valence-corrected chi connectivity index (χ0v) is 17.0. The van der Waals surface area contributed by atoms with E-state index in [1.54, 1.807) is 12.1 Å². The minimum atomic E-state index is -0.108. The smallest absolute Gasteiger partial charge is 0.238 e. The fourth-order valence-corrected chi connectivity index (χ4v) is 3.04. The molecule has 0 spiro atoms. The summed E-state index contributed by atoms with van der Waals surface area (Å²) in [7, 11) is 1.90. The number of anilines is 1. The van der Waals surface area contributed by atoms with Gasteiger partial charge in [-0.05, 0) is 51.6 Å². The first-order valence-electron chi connectivity index (χ1n) is 9.10. The van der Waals surface area contributed by atoms with Crippen molar-refractivity contribution in [3.05, 3.63) is 53.1 Å². The maximum absolute atomic E-state index is 12.5. The van der Waals surface area contributed by atoms with E-state index in [9.17, 15) is 4.79 Å². The standard InChI is InChI=1S/C21H27ClN2O3/c1-5-26-19-12-11-16(13-20(19)27-6-2)23-21(25)14-24(4)15(3)17-9-7-8-10-18(17)22/h7-13,15H,5-6,14H2,1-4H3,(H,23,25)/t15-/m1/s1. The number of hydrogen-bond donors (Lipinski definition) is 1. The molecule has 2 rings (SSSR count). The summed E-state index contributed by atoms with van der Waals surface area (Å²) in [6.07, 6.45) is 0. The minimum Gasteiger partial charge on any atom is -0.490 e. The van der Waals surface area contributed by atoms with Gasteiger partial charge in [0.15, 0.2) is 11.5 Å². The Morgan fingerprint density at radius 1 is 1.11 bits per heavy atom. The lowest BCUT2D eigenvalue weighted by Gasteiger charge is -2.25. The topological polar surface area (TPSA) is 50.8 Å². The summed E-state index contributed by atoms with van der Waals surface area (Å²) in [5, 5.41) is 3.61. The van der Waals surface area contributed by atoms with Crippen molar-refractivity contribution < 1.29 is 14.3 Å². The number of carbonyl (C=O) groups is 1. The second kappa shape index (κ2) is 10.2. The average Bonchev–Trinajstić information content (AvgIpc) is 2.64. The van der Waals surface area contributed by atoms with E-state index in [2.05, 4.69) is 5.32 Å². The Morgan fingerprint density at radius 3 is 2.44 bits per heavy atom. The summed E-state index contributed by atoms with van der Waals surface area (Å²) < 4.78 is 11.1. The zero-order chi connectivity index (χ0) is 19.8. The second-order valence-corrected chi connectivity index (χ2v) is 6.60. The molecule has 0 aromatic heterocycles. The van der Waals surface area contributed by atoms with Gasteiger partial charge in [0.2, 0.25) is 5.91 Å². The van der Waals surface area contributed by atoms with Crippen LogP contribution in [0.15, 0.2) is 42.5 Å². The quantitative estimate of drug-likeness (QED) is 0.670. The number of nitrogens with zero attached hydrogens (tertiary/aromatic N) is 1. The summed E-state index contributed by atoms with van der Waals surface area (Å²) in [6, 6.07) is 13.1. The van der Waals surface area contributed by atoms with Gasteiger partial charge in [-0.25, -0.2) is 0 Å². The van der Waals surface area contributed by atoms with Crippen LogP contribution >= 0.6 is 11.6 Å². The molecule has 146 valence electrons. The monoisotopic (exact) mass is 390 g/mol. The van der Waals surface area contributed by atoms with Crippen LogP contribution in [0.2, 0.25) is 5.02 Å². The van der Waals surface area contributed by atoms with Crippen LogP contribution in [-0.4, -0.2) is 37.6 Å². The molecule has 0 aliphatic heterocycles. The molecule has 0 aliphatic rings. The third-order valence-corrected chi connectivity index (χ3v) is 4.58. The molecule has 1 amide bonds. The lowest BCUT2D eigenvalue weighted by molar-refractivity contribution is -0.117. The summed E-state index contributed by atoms with van der Waals surface area (Å²) >= 11 is 6.26. The molecule has 0 aliphatic carbocycles. The number of ether oxygens (including phenoxy) is 2. The zero-order valence-electron chi connectivity index (χ0n) is 16.3. The van der Waals surface area contributed by atoms with Crippen molar-refractivity contribution in [1.82, 2.24) is 4.90 Å². The van der Waals surface area contributed by atoms with Crippen molar-refractivity contribution in [2.24, 2.45) is 0 Å². The number of hydrogen-bond acceptors (Lipinski definition) is 4. The van der Waals surface area contributed by atoms with Crippen LogP contribution < -0.4 is 14.8 Å². The predicted octanol–water partition coefficient (Wildman–Crippen LogP) is 4.77. The largest absolute Gasteiger partial charge is 0.490 e. The van der Waals surface area contributed by atoms with E-state index in [1.807, 2.05) is 63.1 Å². The van der Waals surface area contributed by atoms with Gasteiger partial charge in [-0.2, -0.15) is 0 Å². The summed E-state index contributed by atoms with van der Waals surface area (Å²) in [4.78, 5) is 14.4. The average molecular weight is 391 g/mol. The highest BCUT2D eigenvalue weighted by Crippen LogP contribution is 2.31. The van der Waals surface area contributed by atoms with Crippen LogP contribution in [-0.2, 0) is 4.79 Å². The third kappa shape index (κ3) is 5.88. The van der Waals surface area contributed by atoms with Crippen molar-refractivity contribution in [2.75, 3.05) is 32.1 Å². The first-order valence-corrected chi connectivity index (χ1v) is 9.48. The summed E-state index contributed by atoms with van der Waals surface area (Å²) in [6.45, 7) is 7.17. The molecule has 0 unspecified atom stereocenters. The van der Waals surface area contributed by atoms with Gasteiger partial charge in [-0.15, -0.1) is 0 Å². The molecule has 2 aromatic rings. The Kier molecular flexibility index (Phi) is 7.95. The SMILES string of the molecule is CCOc1ccc(NC(=O)CN(C)[C@H](C)c2ccccc2Cl)cc1OCC. The van der Waals surface area contributed by atoms with E-state index in [1.165, 1.54) is 0 Å². The van der Waals surface area contributed by atoms with Gasteiger partial charge < -0.3 is 14.8 Å². The number of nitrogens with one attached hydrogen (secondary N) is 1. The Hall–Kier alpha value is -2.24. The maximum atomic E-state index is 12.5. The van der Waals surface area contributed by atoms with Crippen molar-refractivity contribution >= 4 is 23.2 Å². The van der Waals surface area contributed by atoms with Crippen LogP contribution in [0.4, 0.5) is 5.69 Å². The molecule has 1 N–H and O–H groups in total. The fraction of sp³-hybridized carbons (Fsp3) is 0.381. The molecule has 0 radical (unpaired) electrons. The van der Waals surface area contributed by atoms with Crippen LogP contribution in [0.3, 0.4) is 0 Å². The first kappa shape index (κ1) is 21.1. The van der Waals surface area contributed by atoms with Crippen LogP contribution in [0.25, 0.3) is 0 Å². The van der Waals surface area contributed by atoms with Crippen LogP contribution in [0.5, 0.6) is 11.5 Å². The Morgan fingerprint density at radius 2 is 1.78 bits per heavy atom. The molecule has 5 nitrogen and oxygen atoms in total. The number of halogens is 1. The minimum absolute atomic E-state index is 0.0174. The molecule has 0 fully saturated rings. The number of amides is 1. The van der Waals surface area contributed by atoms with Crippen molar-refractivity contribution in [1.29, 1.82) is 0 Å². The normalized spacial score (nSPS) is 11.9. The molecule has 0 saturated heterocycles. The fourth-order valence-electron chi connectivity index (χ4n) is 2.74. The lowest BCUT2D eigenvalue weighted by Crippen LogP contribution is -2.32. The third-order valence-electron chi connectivity index (χ3n) is 4.24. The van der Waals surface area contributed by atoms with Crippen molar-refractivity contribution in [3.63, 3.8) is 0 Å². The highest BCUT2D eigenvalue weighted by Gasteiger charge is 2.17. The molecular weight excluding hydrogens is 364 g/mol. The predicted molar refractivity (Wildman–Crippen MR) is 110 cm³/mol. The van der Waals surface area contributed by atoms with Gasteiger partial charge >= 0.3 is 0 Å². The van der Waals surface area contributed by atoms with Gasteiger partial charge in [0.05, 0.1) is 19.8 Å². The van der Waals surface area contributed by atoms with Gasteiger partial charge in [0.1, 0.15) is 0 Å². The maximum Gasteiger partial charge on any atom is 0.238 e. The first-order chi connectivity index (χ1) is 13.0. The van der Waals surface area contributed by atoms with Gasteiger partial charge in [-0.1, -0.05) is 29.8 Å². The highest BCUT2D eigenvalue weighted by atomic mass is 35.5. The Bertz CT molecular complexity index is 767. The van der Waals surface area contributed by atoms with Gasteiger partial charge in [0.25, 0.3) is 0 Å². The lowest BCUT2D eigenvalue weighted by atomic mass is 10.1. The summed E-state index contributed by atoms with van der Waals surface area (Å²) in [5.41, 5.74) is 1.67. The molecule has 0 saturated carbocycles. The van der Waals surface area contributed by atoms with Crippen molar-refractivity contribution in [2.45, 2.75) is 26.8 Å². The van der Waals surface area contributed by atoms with Gasteiger partial charge in [0, 0.05) is 22.8 Å². The number of rotatable bonds is 9. The molecule has 0 heterocycles. The van der Waals surface area contributed by atoms with Crippen LogP contribution in [0, 0.1) is 0 Å². The number of likely N-dealkylation sites (N-methyl/N-ethyl adjacent to an activating group) is 1. The van der Waals surface area contributed by atoms with Crippen LogP contribution in [0.1, 0.15) is 32.4 Å². The van der Waals surface area contributed by atoms with E-state index < -0.39 is 0 Å². The number of benzene rings is 2. The molecule has 1 atom stereocenters. The molecule has 0 bridgehead atoms. The summed E-state index contributed by atoms with van der Waals surface area (Å²) in [5.74, 6) is 1.18. The molecule has 6 heteroatoms. The van der Waals surface area contributed by atoms with E-state index >= 15 is 0 Å². The second-order valence-electron chi connectivity index (χ2n) is 6.19. The van der Waals surface area contributed by atoms with E-state index in [-0.39, 0.29) is 18.5 Å². The van der Waals surface area contributed by atoms with Gasteiger partial charge in [-0.3, -0.25) is 9.69 Å². The highest BCUT2D eigenvalue weighted by molar-refractivity contribution is 6.31. The number of carbonyl (C=O) groups excluding carboxylic acids is 1. The molecule has 27 heavy (non-hydrogen) atoms. The molecular formula is C21H27ClN2O3. The molecule has 2 aromatic carbocycles. The Balaban J connectivity index is 2.02. The van der Waals surface area contributed by atoms with E-state index in [0.717, 1.165) is 5.56 Å². The van der Waals surface area contributed by atoms with E-state index in [0.29, 0.717) is 35.4 Å². The Labute approximate surface area is 166 Å².